The van der Waals surface area contributed by atoms with Crippen LogP contribution in [0.3, 0.4) is 0 Å². The van der Waals surface area contributed by atoms with Gasteiger partial charge in [-0.1, -0.05) is 46.3 Å². The zero-order valence-electron chi connectivity index (χ0n) is 13.2. The largest absolute Gasteiger partial charge is 0.461 e. The minimum atomic E-state index is -0.113. The van der Waals surface area contributed by atoms with E-state index >= 15 is 0 Å². The van der Waals surface area contributed by atoms with Crippen LogP contribution >= 0.6 is 0 Å². The third-order valence-corrected chi connectivity index (χ3v) is 1.85. The van der Waals surface area contributed by atoms with Crippen molar-refractivity contribution < 1.29 is 14.6 Å². The highest BCUT2D eigenvalue weighted by atomic mass is 16.5. The first-order chi connectivity index (χ1) is 9.14. The third kappa shape index (κ3) is 38.2. The summed E-state index contributed by atoms with van der Waals surface area (Å²) in [6.45, 7) is 14.2. The Kier molecular flexibility index (Phi) is 31.6. The summed E-state index contributed by atoms with van der Waals surface area (Å²) >= 11 is 0. The summed E-state index contributed by atoms with van der Waals surface area (Å²) in [7, 11) is 0. The van der Waals surface area contributed by atoms with E-state index < -0.39 is 0 Å². The summed E-state index contributed by atoms with van der Waals surface area (Å²) in [5.41, 5.74) is 0. The molecular weight excluding hydrogens is 242 g/mol. The molecule has 0 aliphatic rings. The van der Waals surface area contributed by atoms with Gasteiger partial charge < -0.3 is 15.2 Å². The maximum atomic E-state index is 10.8. The van der Waals surface area contributed by atoms with Crippen LogP contribution < -0.4 is 5.32 Å². The number of hydrogen-bond donors (Lipinski definition) is 2. The number of hydrogen-bond acceptors (Lipinski definition) is 4. The summed E-state index contributed by atoms with van der Waals surface area (Å²) in [5, 5.41) is 10.7. The molecule has 0 saturated heterocycles. The fourth-order valence-corrected chi connectivity index (χ4v) is 0.993. The minimum absolute atomic E-state index is 0.113. The maximum absolute atomic E-state index is 10.8. The first-order valence-corrected chi connectivity index (χ1v) is 7.22. The highest BCUT2D eigenvalue weighted by molar-refractivity contribution is 5.69. The molecule has 0 aromatic rings. The number of esters is 1. The lowest BCUT2D eigenvalue weighted by Crippen LogP contribution is -2.09. The standard InChI is InChI=1S/C9H16O2.C4H11N.C2H6O/c1-3-5-6-7-9(10)11-8-4-2;1-3-5-4-2;1-2-3/h4H,2-3,5-8H2,1H3;5H,3-4H2,1-2H3;3H,2H2,1H3. The molecule has 0 spiro atoms. The average molecular weight is 275 g/mol. The van der Waals surface area contributed by atoms with E-state index in [9.17, 15) is 4.79 Å². The van der Waals surface area contributed by atoms with Crippen molar-refractivity contribution in [2.75, 3.05) is 26.3 Å². The van der Waals surface area contributed by atoms with Crippen LogP contribution in [0.15, 0.2) is 12.7 Å². The summed E-state index contributed by atoms with van der Waals surface area (Å²) in [6.07, 6.45) is 5.30. The van der Waals surface area contributed by atoms with Crippen molar-refractivity contribution in [1.82, 2.24) is 5.32 Å². The Hall–Kier alpha value is -0.870. The summed E-state index contributed by atoms with van der Waals surface area (Å²) < 4.78 is 4.78. The van der Waals surface area contributed by atoms with Crippen LogP contribution in [-0.4, -0.2) is 37.4 Å². The molecule has 116 valence electrons. The van der Waals surface area contributed by atoms with E-state index in [-0.39, 0.29) is 12.6 Å². The smallest absolute Gasteiger partial charge is 0.306 e. The van der Waals surface area contributed by atoms with Crippen LogP contribution in [0.5, 0.6) is 0 Å². The fraction of sp³-hybridized carbons (Fsp3) is 0.800. The van der Waals surface area contributed by atoms with Crippen molar-refractivity contribution >= 4 is 5.97 Å². The number of carbonyl (C=O) groups is 1. The second kappa shape index (κ2) is 25.9. The lowest BCUT2D eigenvalue weighted by atomic mass is 10.2. The van der Waals surface area contributed by atoms with Gasteiger partial charge in [-0.3, -0.25) is 4.79 Å². The van der Waals surface area contributed by atoms with E-state index in [2.05, 4.69) is 32.7 Å². The highest BCUT2D eigenvalue weighted by Crippen LogP contribution is 1.99. The summed E-state index contributed by atoms with van der Waals surface area (Å²) in [4.78, 5) is 10.8. The molecule has 0 heterocycles. The Bertz CT molecular complexity index is 171. The number of aliphatic hydroxyl groups excluding tert-OH is 1. The zero-order valence-corrected chi connectivity index (χ0v) is 13.2. The molecular formula is C15H33NO3. The first-order valence-electron chi connectivity index (χ1n) is 7.22. The lowest BCUT2D eigenvalue weighted by molar-refractivity contribution is -0.142. The van der Waals surface area contributed by atoms with E-state index in [1.165, 1.54) is 0 Å². The molecule has 0 amide bonds. The fourth-order valence-electron chi connectivity index (χ4n) is 0.993. The van der Waals surface area contributed by atoms with Crippen LogP contribution in [0, 0.1) is 0 Å². The van der Waals surface area contributed by atoms with Crippen molar-refractivity contribution in [2.45, 2.75) is 53.4 Å². The Morgan fingerprint density at radius 2 is 1.74 bits per heavy atom. The molecule has 4 heteroatoms. The predicted molar refractivity (Wildman–Crippen MR) is 82.3 cm³/mol. The van der Waals surface area contributed by atoms with Crippen LogP contribution in [0.1, 0.15) is 53.4 Å². The quantitative estimate of drug-likeness (QED) is 0.406. The molecule has 0 aromatic heterocycles. The molecule has 0 radical (unpaired) electrons. The van der Waals surface area contributed by atoms with Gasteiger partial charge in [0.15, 0.2) is 0 Å². The van der Waals surface area contributed by atoms with Crippen molar-refractivity contribution in [1.29, 1.82) is 0 Å². The second-order valence-corrected chi connectivity index (χ2v) is 3.70. The molecule has 0 bridgehead atoms. The molecule has 0 aliphatic carbocycles. The summed E-state index contributed by atoms with van der Waals surface area (Å²) in [5.74, 6) is -0.113. The monoisotopic (exact) mass is 275 g/mol. The van der Waals surface area contributed by atoms with E-state index in [0.29, 0.717) is 13.0 Å². The van der Waals surface area contributed by atoms with Gasteiger partial charge in [0.05, 0.1) is 0 Å². The van der Waals surface area contributed by atoms with Gasteiger partial charge in [0, 0.05) is 13.0 Å². The van der Waals surface area contributed by atoms with Gasteiger partial charge in [-0.25, -0.2) is 0 Å². The second-order valence-electron chi connectivity index (χ2n) is 3.70. The van der Waals surface area contributed by atoms with Crippen LogP contribution in [0.4, 0.5) is 0 Å². The molecule has 2 N–H and O–H groups in total. The first kappa shape index (κ1) is 23.2. The van der Waals surface area contributed by atoms with E-state index in [0.717, 1.165) is 32.4 Å². The number of unbranched alkanes of at least 4 members (excludes halogenated alkanes) is 2. The van der Waals surface area contributed by atoms with Crippen molar-refractivity contribution in [3.8, 4) is 0 Å². The van der Waals surface area contributed by atoms with Crippen molar-refractivity contribution in [3.05, 3.63) is 12.7 Å². The van der Waals surface area contributed by atoms with Crippen molar-refractivity contribution in [2.24, 2.45) is 0 Å². The molecule has 4 nitrogen and oxygen atoms in total. The van der Waals surface area contributed by atoms with Crippen molar-refractivity contribution in [3.63, 3.8) is 0 Å². The van der Waals surface area contributed by atoms with Crippen LogP contribution in [-0.2, 0) is 9.53 Å². The average Bonchev–Trinajstić information content (AvgIpc) is 2.39. The SMILES string of the molecule is C=CCOC(=O)CCCCC.CCNCC.CCO. The van der Waals surface area contributed by atoms with E-state index in [1.54, 1.807) is 13.0 Å². The Labute approximate surface area is 119 Å². The van der Waals surface area contributed by atoms with Crippen LogP contribution in [0.25, 0.3) is 0 Å². The molecule has 0 aliphatic heterocycles. The van der Waals surface area contributed by atoms with Gasteiger partial charge in [-0.15, -0.1) is 0 Å². The van der Waals surface area contributed by atoms with Gasteiger partial charge >= 0.3 is 5.97 Å². The van der Waals surface area contributed by atoms with Gasteiger partial charge in [0.2, 0.25) is 0 Å². The predicted octanol–water partition coefficient (Wildman–Crippen LogP) is 2.91. The van der Waals surface area contributed by atoms with E-state index in [1.807, 2.05) is 0 Å². The number of ether oxygens (including phenoxy) is 1. The molecule has 0 fully saturated rings. The molecule has 0 unspecified atom stereocenters. The Balaban J connectivity index is -0.000000266. The Morgan fingerprint density at radius 1 is 1.21 bits per heavy atom. The lowest BCUT2D eigenvalue weighted by Gasteiger charge is -1.99. The molecule has 0 aromatic carbocycles. The summed E-state index contributed by atoms with van der Waals surface area (Å²) in [6, 6.07) is 0. The number of rotatable bonds is 8. The maximum Gasteiger partial charge on any atom is 0.306 e. The number of aliphatic hydroxyl groups is 1. The third-order valence-electron chi connectivity index (χ3n) is 1.85. The van der Waals surface area contributed by atoms with Gasteiger partial charge in [0.25, 0.3) is 0 Å². The number of nitrogens with one attached hydrogen (secondary N) is 1. The zero-order chi connectivity index (χ0) is 15.4. The van der Waals surface area contributed by atoms with Gasteiger partial charge in [-0.2, -0.15) is 0 Å². The molecule has 0 rings (SSSR count). The van der Waals surface area contributed by atoms with Gasteiger partial charge in [0.1, 0.15) is 6.61 Å². The van der Waals surface area contributed by atoms with Crippen LogP contribution in [0.2, 0.25) is 0 Å². The topological polar surface area (TPSA) is 58.6 Å². The molecule has 0 saturated carbocycles. The highest BCUT2D eigenvalue weighted by Gasteiger charge is 1.99. The van der Waals surface area contributed by atoms with Gasteiger partial charge in [-0.05, 0) is 26.4 Å². The molecule has 19 heavy (non-hydrogen) atoms. The normalized spacial score (nSPS) is 8.47. The Morgan fingerprint density at radius 3 is 2.05 bits per heavy atom. The minimum Gasteiger partial charge on any atom is -0.461 e. The molecule has 0 atom stereocenters. The number of carbonyl (C=O) groups excluding carboxylic acids is 1. The van der Waals surface area contributed by atoms with E-state index in [4.69, 9.17) is 9.84 Å².